The number of nitrogens with one attached hydrogen (secondary N) is 3. The fraction of sp³-hybridized carbons (Fsp3) is 0.609. The van der Waals surface area contributed by atoms with Crippen molar-refractivity contribution in [3.05, 3.63) is 35.9 Å². The van der Waals surface area contributed by atoms with Crippen LogP contribution in [0.15, 0.2) is 30.3 Å². The van der Waals surface area contributed by atoms with Gasteiger partial charge in [-0.3, -0.25) is 4.79 Å². The molecule has 0 spiro atoms. The zero-order valence-corrected chi connectivity index (χ0v) is 20.9. The van der Waals surface area contributed by atoms with Crippen LogP contribution in [0.1, 0.15) is 45.6 Å². The number of benzene rings is 1. The number of sulfone groups is 1. The highest BCUT2D eigenvalue weighted by atomic mass is 32.2. The third kappa shape index (κ3) is 10.9. The Balaban J connectivity index is 1.85. The first-order valence-electron chi connectivity index (χ1n) is 11.2. The zero-order chi connectivity index (χ0) is 25.4. The average Bonchev–Trinajstić information content (AvgIpc) is 2.71. The van der Waals surface area contributed by atoms with E-state index >= 15 is 0 Å². The molecule has 0 unspecified atom stereocenters. The van der Waals surface area contributed by atoms with Crippen LogP contribution in [0.25, 0.3) is 0 Å². The van der Waals surface area contributed by atoms with E-state index in [9.17, 15) is 22.8 Å². The van der Waals surface area contributed by atoms with Gasteiger partial charge < -0.3 is 25.4 Å². The number of ether oxygens (including phenoxy) is 2. The molecule has 0 saturated heterocycles. The van der Waals surface area contributed by atoms with Crippen molar-refractivity contribution in [1.29, 1.82) is 0 Å². The lowest BCUT2D eigenvalue weighted by Gasteiger charge is -2.36. The smallest absolute Gasteiger partial charge is 0.407 e. The molecule has 10 nitrogen and oxygen atoms in total. The summed E-state index contributed by atoms with van der Waals surface area (Å²) in [6, 6.07) is 8.48. The van der Waals surface area contributed by atoms with Crippen molar-refractivity contribution >= 4 is 27.9 Å². The first kappa shape index (κ1) is 27.4. The van der Waals surface area contributed by atoms with E-state index in [2.05, 4.69) is 16.0 Å². The van der Waals surface area contributed by atoms with Gasteiger partial charge in [0.1, 0.15) is 28.6 Å². The van der Waals surface area contributed by atoms with Gasteiger partial charge in [0, 0.05) is 18.3 Å². The van der Waals surface area contributed by atoms with Gasteiger partial charge in [-0.1, -0.05) is 30.3 Å². The Morgan fingerprint density at radius 2 is 1.71 bits per heavy atom. The molecule has 3 amide bonds. The van der Waals surface area contributed by atoms with E-state index in [1.54, 1.807) is 20.8 Å². The molecule has 1 aromatic carbocycles. The highest BCUT2D eigenvalue weighted by Crippen LogP contribution is 2.26. The quantitative estimate of drug-likeness (QED) is 0.500. The second-order valence-electron chi connectivity index (χ2n) is 9.60. The molecule has 1 saturated carbocycles. The highest BCUT2D eigenvalue weighted by Gasteiger charge is 2.35. The third-order valence-electron chi connectivity index (χ3n) is 5.17. The standard InChI is InChI=1S/C23H35N3O7S/c1-23(2,3)33-22(29)25-18-10-11-19(17(12-18)15-34(4,30)31)26-20(27)13-24-21(28)32-14-16-8-6-5-7-9-16/h5-9,17-19H,10-15H2,1-4H3,(H,24,28)(H,25,29)(H,26,27)/t17-,18+,19-/m0/s1. The molecule has 0 aliphatic heterocycles. The van der Waals surface area contributed by atoms with E-state index in [1.807, 2.05) is 30.3 Å². The van der Waals surface area contributed by atoms with E-state index in [1.165, 1.54) is 0 Å². The summed E-state index contributed by atoms with van der Waals surface area (Å²) in [5, 5.41) is 8.00. The molecule has 190 valence electrons. The summed E-state index contributed by atoms with van der Waals surface area (Å²) in [6.45, 7) is 5.07. The van der Waals surface area contributed by atoms with Gasteiger partial charge in [0.15, 0.2) is 0 Å². The predicted molar refractivity (Wildman–Crippen MR) is 127 cm³/mol. The van der Waals surface area contributed by atoms with Gasteiger partial charge in [0.2, 0.25) is 5.91 Å². The normalized spacial score (nSPS) is 20.6. The molecule has 0 radical (unpaired) electrons. The highest BCUT2D eigenvalue weighted by molar-refractivity contribution is 7.90. The summed E-state index contributed by atoms with van der Waals surface area (Å²) in [5.74, 6) is -0.965. The van der Waals surface area contributed by atoms with Crippen LogP contribution in [-0.4, -0.2) is 62.7 Å². The van der Waals surface area contributed by atoms with Crippen LogP contribution in [0, 0.1) is 5.92 Å². The second kappa shape index (κ2) is 12.0. The SMILES string of the molecule is CC(C)(C)OC(=O)N[C@@H]1CC[C@H](NC(=O)CNC(=O)OCc2ccccc2)[C@H](CS(C)(=O)=O)C1. The van der Waals surface area contributed by atoms with Crippen LogP contribution in [0.5, 0.6) is 0 Å². The van der Waals surface area contributed by atoms with Crippen molar-refractivity contribution in [3.8, 4) is 0 Å². The van der Waals surface area contributed by atoms with E-state index in [4.69, 9.17) is 9.47 Å². The van der Waals surface area contributed by atoms with Crippen LogP contribution in [-0.2, 0) is 30.7 Å². The molecule has 1 aliphatic carbocycles. The van der Waals surface area contributed by atoms with Crippen molar-refractivity contribution in [2.24, 2.45) is 5.92 Å². The molecule has 1 aliphatic rings. The fourth-order valence-corrected chi connectivity index (χ4v) is 4.96. The maximum absolute atomic E-state index is 12.4. The Morgan fingerprint density at radius 3 is 2.32 bits per heavy atom. The number of rotatable bonds is 8. The van der Waals surface area contributed by atoms with Crippen molar-refractivity contribution in [1.82, 2.24) is 16.0 Å². The molecule has 1 fully saturated rings. The molecular weight excluding hydrogens is 462 g/mol. The number of hydrogen-bond donors (Lipinski definition) is 3. The summed E-state index contributed by atoms with van der Waals surface area (Å²) in [6.07, 6.45) is 1.26. The molecule has 0 bridgehead atoms. The van der Waals surface area contributed by atoms with Crippen molar-refractivity contribution in [3.63, 3.8) is 0 Å². The lowest BCUT2D eigenvalue weighted by molar-refractivity contribution is -0.121. The van der Waals surface area contributed by atoms with Gasteiger partial charge in [-0.05, 0) is 51.5 Å². The average molecular weight is 498 g/mol. The monoisotopic (exact) mass is 497 g/mol. The van der Waals surface area contributed by atoms with E-state index in [0.29, 0.717) is 19.3 Å². The molecule has 2 rings (SSSR count). The molecule has 0 heterocycles. The van der Waals surface area contributed by atoms with Gasteiger partial charge in [-0.25, -0.2) is 18.0 Å². The third-order valence-corrected chi connectivity index (χ3v) is 6.21. The Labute approximate surface area is 201 Å². The van der Waals surface area contributed by atoms with E-state index in [-0.39, 0.29) is 24.9 Å². The summed E-state index contributed by atoms with van der Waals surface area (Å²) in [5.41, 5.74) is 0.180. The van der Waals surface area contributed by atoms with Gasteiger partial charge in [0.05, 0.1) is 5.75 Å². The fourth-order valence-electron chi connectivity index (χ4n) is 3.82. The number of alkyl carbamates (subject to hydrolysis) is 2. The Hall–Kier alpha value is -2.82. The minimum Gasteiger partial charge on any atom is -0.445 e. The maximum Gasteiger partial charge on any atom is 0.407 e. The molecule has 11 heteroatoms. The van der Waals surface area contributed by atoms with Gasteiger partial charge >= 0.3 is 12.2 Å². The number of amides is 3. The molecule has 34 heavy (non-hydrogen) atoms. The Morgan fingerprint density at radius 1 is 1.03 bits per heavy atom. The predicted octanol–water partition coefficient (Wildman–Crippen LogP) is 2.14. The van der Waals surface area contributed by atoms with Gasteiger partial charge in [-0.2, -0.15) is 0 Å². The summed E-state index contributed by atoms with van der Waals surface area (Å²) < 4.78 is 34.3. The Kier molecular flexibility index (Phi) is 9.72. The van der Waals surface area contributed by atoms with E-state index < -0.39 is 45.5 Å². The number of carbonyl (C=O) groups excluding carboxylic acids is 3. The molecule has 3 N–H and O–H groups in total. The van der Waals surface area contributed by atoms with Crippen LogP contribution < -0.4 is 16.0 Å². The van der Waals surface area contributed by atoms with Gasteiger partial charge in [-0.15, -0.1) is 0 Å². The number of carbonyl (C=O) groups is 3. The van der Waals surface area contributed by atoms with Crippen molar-refractivity contribution < 1.29 is 32.3 Å². The summed E-state index contributed by atoms with van der Waals surface area (Å²) in [7, 11) is -3.32. The van der Waals surface area contributed by atoms with Crippen LogP contribution >= 0.6 is 0 Å². The Bertz CT molecular complexity index is 945. The maximum atomic E-state index is 12.4. The molecular formula is C23H35N3O7S. The molecule has 3 atom stereocenters. The molecule has 1 aromatic rings. The summed E-state index contributed by atoms with van der Waals surface area (Å²) in [4.78, 5) is 36.4. The van der Waals surface area contributed by atoms with Crippen LogP contribution in [0.3, 0.4) is 0 Å². The van der Waals surface area contributed by atoms with Crippen molar-refractivity contribution in [2.75, 3.05) is 18.6 Å². The van der Waals surface area contributed by atoms with Gasteiger partial charge in [0.25, 0.3) is 0 Å². The molecule has 0 aromatic heterocycles. The lowest BCUT2D eigenvalue weighted by atomic mass is 9.82. The lowest BCUT2D eigenvalue weighted by Crippen LogP contribution is -2.52. The largest absolute Gasteiger partial charge is 0.445 e. The first-order chi connectivity index (χ1) is 15.8. The summed E-state index contributed by atoms with van der Waals surface area (Å²) >= 11 is 0. The minimum atomic E-state index is -3.32. The van der Waals surface area contributed by atoms with Crippen LogP contribution in [0.2, 0.25) is 0 Å². The number of hydrogen-bond acceptors (Lipinski definition) is 7. The first-order valence-corrected chi connectivity index (χ1v) is 13.3. The minimum absolute atomic E-state index is 0.0827. The van der Waals surface area contributed by atoms with Crippen LogP contribution in [0.4, 0.5) is 9.59 Å². The zero-order valence-electron chi connectivity index (χ0n) is 20.1. The van der Waals surface area contributed by atoms with Crippen molar-refractivity contribution in [2.45, 2.75) is 64.3 Å². The topological polar surface area (TPSA) is 140 Å². The second-order valence-corrected chi connectivity index (χ2v) is 11.8. The van der Waals surface area contributed by atoms with E-state index in [0.717, 1.165) is 11.8 Å².